The van der Waals surface area contributed by atoms with E-state index in [-0.39, 0.29) is 17.1 Å². The molecule has 0 amide bonds. The molecule has 0 unspecified atom stereocenters. The maximum Gasteiger partial charge on any atom is 0.259 e. The Hall–Kier alpha value is -0.920. The Kier molecular flexibility index (Phi) is 2.77. The van der Waals surface area contributed by atoms with Gasteiger partial charge in [-0.3, -0.25) is 0 Å². The van der Waals surface area contributed by atoms with Crippen LogP contribution >= 0.6 is 0 Å². The molecule has 1 heterocycles. The molecule has 1 fully saturated rings. The summed E-state index contributed by atoms with van der Waals surface area (Å²) in [5.41, 5.74) is 5.69. The second-order valence-corrected chi connectivity index (χ2v) is 5.87. The fourth-order valence-electron chi connectivity index (χ4n) is 1.59. The highest BCUT2D eigenvalue weighted by atomic mass is 32.2. The summed E-state index contributed by atoms with van der Waals surface area (Å²) in [6.45, 7) is 1.76. The number of hydrogen-bond acceptors (Lipinski definition) is 4. The predicted molar refractivity (Wildman–Crippen MR) is 59.3 cm³/mol. The highest BCUT2D eigenvalue weighted by molar-refractivity contribution is 7.89. The number of rotatable bonds is 3. The van der Waals surface area contributed by atoms with Crippen LogP contribution in [-0.2, 0) is 17.1 Å². The molecule has 1 aliphatic rings. The fraction of sp³-hybridized carbons (Fsp3) is 0.667. The summed E-state index contributed by atoms with van der Waals surface area (Å²) >= 11 is 0. The summed E-state index contributed by atoms with van der Waals surface area (Å²) in [6.07, 6.45) is 3.17. The van der Waals surface area contributed by atoms with Crippen molar-refractivity contribution in [2.75, 3.05) is 0 Å². The van der Waals surface area contributed by atoms with Gasteiger partial charge in [0.25, 0.3) is 10.0 Å². The Labute approximate surface area is 94.9 Å². The van der Waals surface area contributed by atoms with Gasteiger partial charge >= 0.3 is 0 Å². The summed E-state index contributed by atoms with van der Waals surface area (Å²) in [4.78, 5) is 3.99. The monoisotopic (exact) mass is 244 g/mol. The number of aryl methyl sites for hydroxylation is 2. The van der Waals surface area contributed by atoms with Gasteiger partial charge in [-0.2, -0.15) is 0 Å². The van der Waals surface area contributed by atoms with E-state index in [1.54, 1.807) is 18.5 Å². The van der Waals surface area contributed by atoms with E-state index in [1.807, 2.05) is 0 Å². The minimum absolute atomic E-state index is 0.0617. The SMILES string of the molecule is Cc1nc(S(=O)(=O)N[C@H]2CC[C@H]2N)cn1C. The fourth-order valence-corrected chi connectivity index (χ4v) is 2.95. The van der Waals surface area contributed by atoms with Crippen LogP contribution in [0.4, 0.5) is 0 Å². The van der Waals surface area contributed by atoms with Crippen molar-refractivity contribution in [3.8, 4) is 0 Å². The minimum Gasteiger partial charge on any atom is -0.337 e. The summed E-state index contributed by atoms with van der Waals surface area (Å²) in [5.74, 6) is 0.665. The van der Waals surface area contributed by atoms with Gasteiger partial charge in [0.05, 0.1) is 0 Å². The topological polar surface area (TPSA) is 90.0 Å². The standard InChI is InChI=1S/C9H16N4O2S/c1-6-11-9(5-13(6)2)16(14,15)12-8-4-3-7(8)10/h5,7-8,12H,3-4,10H2,1-2H3/t7-,8+/m1/s1. The van der Waals surface area contributed by atoms with E-state index in [0.29, 0.717) is 5.82 Å². The van der Waals surface area contributed by atoms with E-state index in [2.05, 4.69) is 9.71 Å². The molecule has 2 atom stereocenters. The van der Waals surface area contributed by atoms with Crippen molar-refractivity contribution >= 4 is 10.0 Å². The Balaban J connectivity index is 2.18. The molecule has 0 saturated heterocycles. The lowest BCUT2D eigenvalue weighted by atomic mass is 9.88. The third kappa shape index (κ3) is 1.98. The molecule has 6 nitrogen and oxygen atoms in total. The van der Waals surface area contributed by atoms with Crippen molar-refractivity contribution in [3.05, 3.63) is 12.0 Å². The maximum atomic E-state index is 11.9. The summed E-state index contributed by atoms with van der Waals surface area (Å²) in [5, 5.41) is 0.0617. The van der Waals surface area contributed by atoms with Crippen LogP contribution in [0.5, 0.6) is 0 Å². The van der Waals surface area contributed by atoms with Crippen molar-refractivity contribution in [2.24, 2.45) is 12.8 Å². The zero-order valence-corrected chi connectivity index (χ0v) is 10.2. The van der Waals surface area contributed by atoms with Crippen LogP contribution in [0.3, 0.4) is 0 Å². The third-order valence-electron chi connectivity index (χ3n) is 3.00. The predicted octanol–water partition coefficient (Wildman–Crippen LogP) is -0.503. The largest absolute Gasteiger partial charge is 0.337 e. The first-order valence-electron chi connectivity index (χ1n) is 5.18. The van der Waals surface area contributed by atoms with Gasteiger partial charge in [-0.25, -0.2) is 18.1 Å². The first kappa shape index (κ1) is 11.6. The molecule has 2 rings (SSSR count). The van der Waals surface area contributed by atoms with Crippen LogP contribution in [0, 0.1) is 6.92 Å². The number of imidazole rings is 1. The van der Waals surface area contributed by atoms with Crippen molar-refractivity contribution < 1.29 is 8.42 Å². The number of hydrogen-bond donors (Lipinski definition) is 2. The number of nitrogens with zero attached hydrogens (tertiary/aromatic N) is 2. The highest BCUT2D eigenvalue weighted by Crippen LogP contribution is 2.20. The first-order valence-corrected chi connectivity index (χ1v) is 6.66. The molecule has 1 saturated carbocycles. The first-order chi connectivity index (χ1) is 7.40. The molecule has 0 spiro atoms. The molecule has 1 aromatic rings. The quantitative estimate of drug-likeness (QED) is 0.750. The molecule has 7 heteroatoms. The van der Waals surface area contributed by atoms with E-state index in [9.17, 15) is 8.42 Å². The number of aromatic nitrogens is 2. The maximum absolute atomic E-state index is 11.9. The van der Waals surface area contributed by atoms with Gasteiger partial charge in [0.2, 0.25) is 0 Å². The Bertz CT molecular complexity index is 474. The molecule has 90 valence electrons. The van der Waals surface area contributed by atoms with Crippen molar-refractivity contribution in [1.29, 1.82) is 0 Å². The Morgan fingerprint density at radius 2 is 2.25 bits per heavy atom. The van der Waals surface area contributed by atoms with E-state index in [1.165, 1.54) is 6.20 Å². The molecule has 3 N–H and O–H groups in total. The minimum atomic E-state index is -3.52. The zero-order valence-electron chi connectivity index (χ0n) is 9.34. The van der Waals surface area contributed by atoms with Crippen LogP contribution < -0.4 is 10.5 Å². The van der Waals surface area contributed by atoms with Gasteiger partial charge < -0.3 is 10.3 Å². The van der Waals surface area contributed by atoms with Gasteiger partial charge in [-0.1, -0.05) is 0 Å². The normalized spacial score (nSPS) is 25.4. The summed E-state index contributed by atoms with van der Waals surface area (Å²) in [6, 6.07) is -0.216. The Morgan fingerprint density at radius 1 is 1.56 bits per heavy atom. The lowest BCUT2D eigenvalue weighted by molar-refractivity contribution is 0.321. The smallest absolute Gasteiger partial charge is 0.259 e. The van der Waals surface area contributed by atoms with Crippen molar-refractivity contribution in [1.82, 2.24) is 14.3 Å². The van der Waals surface area contributed by atoms with E-state index in [0.717, 1.165) is 12.8 Å². The second kappa shape index (κ2) is 3.83. The molecular formula is C9H16N4O2S. The van der Waals surface area contributed by atoms with Crippen LogP contribution in [0.25, 0.3) is 0 Å². The van der Waals surface area contributed by atoms with Crippen molar-refractivity contribution in [2.45, 2.75) is 36.9 Å². The Morgan fingerprint density at radius 3 is 2.62 bits per heavy atom. The van der Waals surface area contributed by atoms with Crippen LogP contribution in [0.1, 0.15) is 18.7 Å². The highest BCUT2D eigenvalue weighted by Gasteiger charge is 2.32. The summed E-state index contributed by atoms with van der Waals surface area (Å²) in [7, 11) is -1.76. The van der Waals surface area contributed by atoms with Crippen LogP contribution in [-0.4, -0.2) is 30.1 Å². The number of nitrogens with two attached hydrogens (primary N) is 1. The van der Waals surface area contributed by atoms with E-state index in [4.69, 9.17) is 5.73 Å². The van der Waals surface area contributed by atoms with Crippen molar-refractivity contribution in [3.63, 3.8) is 0 Å². The van der Waals surface area contributed by atoms with Gasteiger partial charge in [0.15, 0.2) is 5.03 Å². The average Bonchev–Trinajstić information content (AvgIpc) is 2.55. The van der Waals surface area contributed by atoms with Gasteiger partial charge in [-0.15, -0.1) is 0 Å². The summed E-state index contributed by atoms with van der Waals surface area (Å²) < 4.78 is 28.1. The molecule has 0 bridgehead atoms. The van der Waals surface area contributed by atoms with Gasteiger partial charge in [0.1, 0.15) is 5.82 Å². The molecular weight excluding hydrogens is 228 g/mol. The number of sulfonamides is 1. The van der Waals surface area contributed by atoms with Crippen LogP contribution in [0.2, 0.25) is 0 Å². The number of nitrogens with one attached hydrogen (secondary N) is 1. The lowest BCUT2D eigenvalue weighted by Gasteiger charge is -2.33. The molecule has 0 aromatic carbocycles. The van der Waals surface area contributed by atoms with E-state index >= 15 is 0 Å². The molecule has 1 aliphatic carbocycles. The average molecular weight is 244 g/mol. The lowest BCUT2D eigenvalue weighted by Crippen LogP contribution is -2.54. The van der Waals surface area contributed by atoms with E-state index < -0.39 is 10.0 Å². The van der Waals surface area contributed by atoms with Gasteiger partial charge in [0, 0.05) is 25.3 Å². The van der Waals surface area contributed by atoms with Gasteiger partial charge in [-0.05, 0) is 19.8 Å². The molecule has 0 aliphatic heterocycles. The molecule has 16 heavy (non-hydrogen) atoms. The van der Waals surface area contributed by atoms with Crippen LogP contribution in [0.15, 0.2) is 11.2 Å². The zero-order chi connectivity index (χ0) is 11.9. The molecule has 0 radical (unpaired) electrons. The molecule has 1 aromatic heterocycles. The third-order valence-corrected chi connectivity index (χ3v) is 4.36. The second-order valence-electron chi connectivity index (χ2n) is 4.21.